The summed E-state index contributed by atoms with van der Waals surface area (Å²) in [4.78, 5) is 12.2. The molecule has 1 amide bonds. The molecule has 0 aliphatic carbocycles. The molecule has 0 fully saturated rings. The van der Waals surface area contributed by atoms with Crippen LogP contribution in [-0.2, 0) is 10.0 Å². The van der Waals surface area contributed by atoms with E-state index in [2.05, 4.69) is 5.32 Å². The zero-order valence-electron chi connectivity index (χ0n) is 14.1. The van der Waals surface area contributed by atoms with Gasteiger partial charge < -0.3 is 5.32 Å². The highest BCUT2D eigenvalue weighted by Gasteiger charge is 2.25. The van der Waals surface area contributed by atoms with Gasteiger partial charge in [0.15, 0.2) is 0 Å². The minimum Gasteiger partial charge on any atom is -0.350 e. The van der Waals surface area contributed by atoms with Gasteiger partial charge in [-0.2, -0.15) is 4.31 Å². The molecular formula is C16H25ClN2O3S. The molecule has 0 saturated heterocycles. The average molecular weight is 361 g/mol. The molecule has 7 heteroatoms. The van der Waals surface area contributed by atoms with Gasteiger partial charge in [-0.25, -0.2) is 8.42 Å². The smallest absolute Gasteiger partial charge is 0.251 e. The fourth-order valence-corrected chi connectivity index (χ4v) is 4.32. The second-order valence-corrected chi connectivity index (χ2v) is 7.71. The molecule has 0 aromatic heterocycles. The number of amides is 1. The average Bonchev–Trinajstić information content (AvgIpc) is 2.48. The molecule has 130 valence electrons. The zero-order valence-corrected chi connectivity index (χ0v) is 15.7. The standard InChI is InChI=1S/C16H25ClN2O3S/c1-5-8-12(4)18-16(20)13-9-10-14(17)15(11-13)23(21,22)19(6-2)7-3/h9-12H,5-8H2,1-4H3,(H,18,20)/t12-/m1/s1. The van der Waals surface area contributed by atoms with Gasteiger partial charge in [-0.1, -0.05) is 38.8 Å². The molecule has 0 radical (unpaired) electrons. The van der Waals surface area contributed by atoms with Crippen molar-refractivity contribution < 1.29 is 13.2 Å². The van der Waals surface area contributed by atoms with Crippen LogP contribution in [0.25, 0.3) is 0 Å². The topological polar surface area (TPSA) is 66.5 Å². The van der Waals surface area contributed by atoms with E-state index in [-0.39, 0.29) is 21.9 Å². The maximum atomic E-state index is 12.6. The minimum absolute atomic E-state index is 0.0290. The second-order valence-electron chi connectivity index (χ2n) is 5.40. The Labute approximate surface area is 144 Å². The van der Waals surface area contributed by atoms with Crippen molar-refractivity contribution >= 4 is 27.5 Å². The van der Waals surface area contributed by atoms with Gasteiger partial charge in [0.05, 0.1) is 5.02 Å². The Morgan fingerprint density at radius 3 is 2.39 bits per heavy atom. The van der Waals surface area contributed by atoms with Gasteiger partial charge in [0.1, 0.15) is 4.90 Å². The third-order valence-corrected chi connectivity index (χ3v) is 6.15. The van der Waals surface area contributed by atoms with Crippen LogP contribution in [0, 0.1) is 0 Å². The largest absolute Gasteiger partial charge is 0.350 e. The molecule has 0 bridgehead atoms. The second kappa shape index (κ2) is 8.66. The molecule has 0 saturated carbocycles. The van der Waals surface area contributed by atoms with Crippen LogP contribution in [0.1, 0.15) is 50.9 Å². The van der Waals surface area contributed by atoms with E-state index in [4.69, 9.17) is 11.6 Å². The Morgan fingerprint density at radius 2 is 1.87 bits per heavy atom. The van der Waals surface area contributed by atoms with Crippen LogP contribution in [0.2, 0.25) is 5.02 Å². The third kappa shape index (κ3) is 4.93. The molecule has 1 aromatic rings. The molecule has 0 aliphatic heterocycles. The van der Waals surface area contributed by atoms with Crippen LogP contribution in [0.3, 0.4) is 0 Å². The van der Waals surface area contributed by atoms with Crippen molar-refractivity contribution in [2.45, 2.75) is 51.5 Å². The maximum absolute atomic E-state index is 12.6. The van der Waals surface area contributed by atoms with Crippen LogP contribution in [0.15, 0.2) is 23.1 Å². The Balaban J connectivity index is 3.16. The zero-order chi connectivity index (χ0) is 17.6. The van der Waals surface area contributed by atoms with Gasteiger partial charge >= 0.3 is 0 Å². The summed E-state index contributed by atoms with van der Waals surface area (Å²) in [7, 11) is -3.71. The van der Waals surface area contributed by atoms with E-state index in [0.29, 0.717) is 18.7 Å². The van der Waals surface area contributed by atoms with E-state index in [1.165, 1.54) is 22.5 Å². The predicted octanol–water partition coefficient (Wildman–Crippen LogP) is 3.29. The molecule has 0 unspecified atom stereocenters. The van der Waals surface area contributed by atoms with Gasteiger partial charge in [-0.3, -0.25) is 4.79 Å². The highest BCUT2D eigenvalue weighted by molar-refractivity contribution is 7.89. The number of hydrogen-bond donors (Lipinski definition) is 1. The van der Waals surface area contributed by atoms with Crippen LogP contribution < -0.4 is 5.32 Å². The van der Waals surface area contributed by atoms with Gasteiger partial charge in [0, 0.05) is 24.7 Å². The van der Waals surface area contributed by atoms with E-state index in [1.54, 1.807) is 13.8 Å². The molecule has 0 aliphatic rings. The monoisotopic (exact) mass is 360 g/mol. The summed E-state index contributed by atoms with van der Waals surface area (Å²) < 4.78 is 26.6. The summed E-state index contributed by atoms with van der Waals surface area (Å²) in [5.41, 5.74) is 0.295. The lowest BCUT2D eigenvalue weighted by atomic mass is 10.1. The molecule has 23 heavy (non-hydrogen) atoms. The Hall–Kier alpha value is -1.11. The number of nitrogens with zero attached hydrogens (tertiary/aromatic N) is 1. The van der Waals surface area contributed by atoms with Crippen LogP contribution in [0.5, 0.6) is 0 Å². The van der Waals surface area contributed by atoms with Crippen molar-refractivity contribution in [3.63, 3.8) is 0 Å². The number of sulfonamides is 1. The number of halogens is 1. The molecule has 1 rings (SSSR count). The van der Waals surface area contributed by atoms with Gasteiger partial charge in [0.2, 0.25) is 10.0 Å². The Bertz CT molecular complexity index is 643. The van der Waals surface area contributed by atoms with E-state index in [9.17, 15) is 13.2 Å². The molecule has 0 heterocycles. The fraction of sp³-hybridized carbons (Fsp3) is 0.562. The van der Waals surface area contributed by atoms with Gasteiger partial charge in [-0.05, 0) is 31.5 Å². The molecule has 1 aromatic carbocycles. The number of carbonyl (C=O) groups is 1. The quantitative estimate of drug-likeness (QED) is 0.773. The van der Waals surface area contributed by atoms with E-state index >= 15 is 0 Å². The normalized spacial score (nSPS) is 13.1. The van der Waals surface area contributed by atoms with Crippen LogP contribution in [0.4, 0.5) is 0 Å². The fourth-order valence-electron chi connectivity index (χ4n) is 2.36. The number of nitrogens with one attached hydrogen (secondary N) is 1. The molecule has 5 nitrogen and oxygen atoms in total. The van der Waals surface area contributed by atoms with Crippen molar-refractivity contribution in [2.24, 2.45) is 0 Å². The first-order valence-electron chi connectivity index (χ1n) is 7.88. The lowest BCUT2D eigenvalue weighted by molar-refractivity contribution is 0.0938. The van der Waals surface area contributed by atoms with Crippen molar-refractivity contribution in [3.05, 3.63) is 28.8 Å². The van der Waals surface area contributed by atoms with Crippen molar-refractivity contribution in [2.75, 3.05) is 13.1 Å². The molecule has 1 atom stereocenters. The summed E-state index contributed by atoms with van der Waals surface area (Å²) in [5, 5.41) is 2.98. The number of rotatable bonds is 8. The minimum atomic E-state index is -3.71. The third-order valence-electron chi connectivity index (χ3n) is 3.62. The number of benzene rings is 1. The van der Waals surface area contributed by atoms with Crippen molar-refractivity contribution in [3.8, 4) is 0 Å². The number of hydrogen-bond acceptors (Lipinski definition) is 3. The first-order valence-corrected chi connectivity index (χ1v) is 9.70. The lowest BCUT2D eigenvalue weighted by Gasteiger charge is -2.20. The SMILES string of the molecule is CCC[C@@H](C)NC(=O)c1ccc(Cl)c(S(=O)(=O)N(CC)CC)c1. The first kappa shape index (κ1) is 19.9. The predicted molar refractivity (Wildman–Crippen MR) is 93.4 cm³/mol. The molecular weight excluding hydrogens is 336 g/mol. The lowest BCUT2D eigenvalue weighted by Crippen LogP contribution is -2.33. The highest BCUT2D eigenvalue weighted by atomic mass is 35.5. The van der Waals surface area contributed by atoms with Crippen LogP contribution >= 0.6 is 11.6 Å². The van der Waals surface area contributed by atoms with Crippen molar-refractivity contribution in [1.29, 1.82) is 0 Å². The van der Waals surface area contributed by atoms with E-state index in [0.717, 1.165) is 12.8 Å². The molecule has 0 spiro atoms. The summed E-state index contributed by atoms with van der Waals surface area (Å²) in [5.74, 6) is -0.293. The summed E-state index contributed by atoms with van der Waals surface area (Å²) in [6, 6.07) is 4.38. The maximum Gasteiger partial charge on any atom is 0.251 e. The highest BCUT2D eigenvalue weighted by Crippen LogP contribution is 2.26. The van der Waals surface area contributed by atoms with Gasteiger partial charge in [0.25, 0.3) is 5.91 Å². The summed E-state index contributed by atoms with van der Waals surface area (Å²) >= 11 is 6.06. The summed E-state index contributed by atoms with van der Waals surface area (Å²) in [6.45, 7) is 8.18. The Morgan fingerprint density at radius 1 is 1.26 bits per heavy atom. The first-order chi connectivity index (χ1) is 10.8. The molecule has 1 N–H and O–H groups in total. The van der Waals surface area contributed by atoms with Crippen LogP contribution in [-0.4, -0.2) is 37.8 Å². The Kier molecular flexibility index (Phi) is 7.51. The van der Waals surface area contributed by atoms with E-state index in [1.807, 2.05) is 13.8 Å². The summed E-state index contributed by atoms with van der Waals surface area (Å²) in [6.07, 6.45) is 1.83. The number of carbonyl (C=O) groups excluding carboxylic acids is 1. The van der Waals surface area contributed by atoms with Crippen molar-refractivity contribution in [1.82, 2.24) is 9.62 Å². The van der Waals surface area contributed by atoms with E-state index < -0.39 is 10.0 Å². The van der Waals surface area contributed by atoms with Gasteiger partial charge in [-0.15, -0.1) is 0 Å².